The van der Waals surface area contributed by atoms with E-state index in [0.717, 1.165) is 5.92 Å². The average molecular weight is 341 g/mol. The molecule has 0 radical (unpaired) electrons. The summed E-state index contributed by atoms with van der Waals surface area (Å²) in [5.74, 6) is 0.862. The van der Waals surface area contributed by atoms with Crippen molar-refractivity contribution >= 4 is 0 Å². The van der Waals surface area contributed by atoms with Crippen molar-refractivity contribution in [3.63, 3.8) is 0 Å². The minimum absolute atomic E-state index is 0.862. The van der Waals surface area contributed by atoms with Gasteiger partial charge in [0, 0.05) is 0 Å². The molecule has 1 nitrogen and oxygen atoms in total. The fourth-order valence-corrected chi connectivity index (χ4v) is 3.60. The third kappa shape index (κ3) is 18.3. The smallest absolute Gasteiger partial charge is 0.0782 e. The van der Waals surface area contributed by atoms with E-state index in [1.54, 1.807) is 0 Å². The van der Waals surface area contributed by atoms with Gasteiger partial charge in [0.1, 0.15) is 0 Å². The van der Waals surface area contributed by atoms with Crippen LogP contribution in [0.3, 0.4) is 0 Å². The van der Waals surface area contributed by atoms with Crippen LogP contribution < -0.4 is 0 Å². The van der Waals surface area contributed by atoms with E-state index in [9.17, 15) is 0 Å². The minimum Gasteiger partial charge on any atom is -0.328 e. The van der Waals surface area contributed by atoms with Crippen LogP contribution in [0.4, 0.5) is 0 Å². The Morgan fingerprint density at radius 1 is 0.542 bits per heavy atom. The molecule has 0 saturated heterocycles. The molecule has 0 bridgehead atoms. The quantitative estimate of drug-likeness (QED) is 0.178. The highest BCUT2D eigenvalue weighted by Gasteiger charge is 2.13. The van der Waals surface area contributed by atoms with Gasteiger partial charge in [0.25, 0.3) is 0 Å². The number of nitrogens with zero attached hydrogens (tertiary/aromatic N) is 1. The second kappa shape index (κ2) is 16.4. The lowest BCUT2D eigenvalue weighted by Crippen LogP contribution is -2.41. The molecule has 24 heavy (non-hydrogen) atoms. The Bertz CT molecular complexity index is 244. The van der Waals surface area contributed by atoms with Gasteiger partial charge in [0.2, 0.25) is 0 Å². The molecule has 0 atom stereocenters. The van der Waals surface area contributed by atoms with E-state index in [-0.39, 0.29) is 0 Å². The Morgan fingerprint density at radius 3 is 1.33 bits per heavy atom. The van der Waals surface area contributed by atoms with Gasteiger partial charge >= 0.3 is 0 Å². The van der Waals surface area contributed by atoms with E-state index in [0.29, 0.717) is 0 Å². The van der Waals surface area contributed by atoms with Gasteiger partial charge in [-0.05, 0) is 31.6 Å². The molecule has 0 fully saturated rings. The molecule has 0 rings (SSSR count). The van der Waals surface area contributed by atoms with E-state index in [4.69, 9.17) is 0 Å². The molecule has 0 aliphatic rings. The molecule has 0 N–H and O–H groups in total. The summed E-state index contributed by atoms with van der Waals surface area (Å²) in [4.78, 5) is 0. The summed E-state index contributed by atoms with van der Waals surface area (Å²) in [5.41, 5.74) is 0. The topological polar surface area (TPSA) is 0 Å². The van der Waals surface area contributed by atoms with Gasteiger partial charge in [-0.1, -0.05) is 91.4 Å². The number of unbranched alkanes of at least 4 members (excludes halogenated alkanes) is 12. The molecule has 0 aromatic heterocycles. The van der Waals surface area contributed by atoms with Crippen LogP contribution in [0, 0.1) is 5.92 Å². The SMILES string of the molecule is CCCCCCCCCCCCCCC[N+](C)(C)CCCC(C)C. The van der Waals surface area contributed by atoms with Crippen LogP contribution in [-0.2, 0) is 0 Å². The van der Waals surface area contributed by atoms with Crippen molar-refractivity contribution in [1.29, 1.82) is 0 Å². The zero-order valence-electron chi connectivity index (χ0n) is 18.0. The third-order valence-corrected chi connectivity index (χ3v) is 5.41. The van der Waals surface area contributed by atoms with E-state index in [2.05, 4.69) is 34.9 Å². The van der Waals surface area contributed by atoms with Crippen molar-refractivity contribution < 1.29 is 4.48 Å². The molecule has 0 heterocycles. The van der Waals surface area contributed by atoms with Gasteiger partial charge in [0.05, 0.1) is 27.2 Å². The summed E-state index contributed by atoms with van der Waals surface area (Å²) in [7, 11) is 4.83. The van der Waals surface area contributed by atoms with Crippen molar-refractivity contribution in [3.8, 4) is 0 Å². The van der Waals surface area contributed by atoms with Gasteiger partial charge in [-0.3, -0.25) is 0 Å². The van der Waals surface area contributed by atoms with Crippen LogP contribution in [0.1, 0.15) is 117 Å². The van der Waals surface area contributed by atoms with Gasteiger partial charge in [-0.2, -0.15) is 0 Å². The van der Waals surface area contributed by atoms with Crippen LogP contribution in [0.15, 0.2) is 0 Å². The van der Waals surface area contributed by atoms with E-state index < -0.39 is 0 Å². The zero-order valence-corrected chi connectivity index (χ0v) is 18.0. The first-order chi connectivity index (χ1) is 11.5. The number of hydrogen-bond donors (Lipinski definition) is 0. The Labute approximate surface area is 155 Å². The molecule has 146 valence electrons. The molecule has 0 spiro atoms. The van der Waals surface area contributed by atoms with Crippen molar-refractivity contribution in [2.45, 2.75) is 117 Å². The molecule has 0 amide bonds. The largest absolute Gasteiger partial charge is 0.328 e. The van der Waals surface area contributed by atoms with Crippen LogP contribution in [0.2, 0.25) is 0 Å². The van der Waals surface area contributed by atoms with Crippen molar-refractivity contribution in [2.24, 2.45) is 5.92 Å². The van der Waals surface area contributed by atoms with Crippen molar-refractivity contribution in [1.82, 2.24) is 0 Å². The molecule has 0 unspecified atom stereocenters. The fourth-order valence-electron chi connectivity index (χ4n) is 3.60. The van der Waals surface area contributed by atoms with Crippen molar-refractivity contribution in [2.75, 3.05) is 27.2 Å². The summed E-state index contributed by atoms with van der Waals surface area (Å²) in [6.07, 6.45) is 21.7. The Morgan fingerprint density at radius 2 is 0.917 bits per heavy atom. The third-order valence-electron chi connectivity index (χ3n) is 5.41. The lowest BCUT2D eigenvalue weighted by molar-refractivity contribution is -0.890. The maximum absolute atomic E-state index is 2.42. The van der Waals surface area contributed by atoms with Crippen LogP contribution >= 0.6 is 0 Å². The first kappa shape index (κ1) is 24.0. The molecular formula is C23H50N+. The summed E-state index contributed by atoms with van der Waals surface area (Å²) in [6, 6.07) is 0. The summed E-state index contributed by atoms with van der Waals surface area (Å²) in [6.45, 7) is 9.71. The summed E-state index contributed by atoms with van der Waals surface area (Å²) in [5, 5.41) is 0. The summed E-state index contributed by atoms with van der Waals surface area (Å²) < 4.78 is 1.23. The lowest BCUT2D eigenvalue weighted by atomic mass is 10.0. The second-order valence-electron chi connectivity index (χ2n) is 9.16. The minimum atomic E-state index is 0.862. The first-order valence-electron chi connectivity index (χ1n) is 11.3. The van der Waals surface area contributed by atoms with Gasteiger partial charge < -0.3 is 4.48 Å². The van der Waals surface area contributed by atoms with E-state index >= 15 is 0 Å². The Balaban J connectivity index is 3.26. The molecule has 1 heteroatoms. The molecule has 0 saturated carbocycles. The van der Waals surface area contributed by atoms with Crippen molar-refractivity contribution in [3.05, 3.63) is 0 Å². The second-order valence-corrected chi connectivity index (χ2v) is 9.16. The predicted octanol–water partition coefficient (Wildman–Crippen LogP) is 7.59. The summed E-state index contributed by atoms with van der Waals surface area (Å²) >= 11 is 0. The zero-order chi connectivity index (χ0) is 18.1. The fraction of sp³-hybridized carbons (Fsp3) is 1.00. The standard InChI is InChI=1S/C23H50N/c1-6-7-8-9-10-11-12-13-14-15-16-17-18-21-24(4,5)22-19-20-23(2)3/h23H,6-22H2,1-5H3/q+1. The first-order valence-corrected chi connectivity index (χ1v) is 11.3. The molecule has 0 aromatic rings. The highest BCUT2D eigenvalue weighted by molar-refractivity contribution is 4.50. The molecule has 0 aliphatic carbocycles. The van der Waals surface area contributed by atoms with Gasteiger partial charge in [0.15, 0.2) is 0 Å². The number of quaternary nitrogens is 1. The molecule has 0 aromatic carbocycles. The van der Waals surface area contributed by atoms with Crippen LogP contribution in [0.25, 0.3) is 0 Å². The normalized spacial score (nSPS) is 12.2. The Kier molecular flexibility index (Phi) is 16.4. The van der Waals surface area contributed by atoms with E-state index in [1.807, 2.05) is 0 Å². The van der Waals surface area contributed by atoms with Crippen LogP contribution in [0.5, 0.6) is 0 Å². The van der Waals surface area contributed by atoms with Gasteiger partial charge in [-0.25, -0.2) is 0 Å². The monoisotopic (exact) mass is 340 g/mol. The molecule has 0 aliphatic heterocycles. The molecular weight excluding hydrogens is 290 g/mol. The number of hydrogen-bond acceptors (Lipinski definition) is 0. The maximum Gasteiger partial charge on any atom is 0.0782 e. The number of rotatable bonds is 18. The van der Waals surface area contributed by atoms with Gasteiger partial charge in [-0.15, -0.1) is 0 Å². The maximum atomic E-state index is 2.42. The highest BCUT2D eigenvalue weighted by Crippen LogP contribution is 2.14. The predicted molar refractivity (Wildman–Crippen MR) is 112 cm³/mol. The Hall–Kier alpha value is -0.0400. The average Bonchev–Trinajstić information content (AvgIpc) is 2.51. The van der Waals surface area contributed by atoms with E-state index in [1.165, 1.54) is 114 Å². The van der Waals surface area contributed by atoms with Crippen LogP contribution in [-0.4, -0.2) is 31.7 Å². The lowest BCUT2D eigenvalue weighted by Gasteiger charge is -2.30. The highest BCUT2D eigenvalue weighted by atomic mass is 15.3.